The first-order valence-corrected chi connectivity index (χ1v) is 8.10. The predicted octanol–water partition coefficient (Wildman–Crippen LogP) is 0.930. The molecule has 1 saturated heterocycles. The molecule has 1 fully saturated rings. The van der Waals surface area contributed by atoms with Crippen molar-refractivity contribution in [2.24, 2.45) is 5.73 Å². The van der Waals surface area contributed by atoms with E-state index in [0.717, 1.165) is 19.3 Å². The first-order valence-electron chi connectivity index (χ1n) is 6.62. The maximum absolute atomic E-state index is 12.3. The van der Waals surface area contributed by atoms with E-state index in [9.17, 15) is 8.42 Å². The van der Waals surface area contributed by atoms with Crippen molar-refractivity contribution < 1.29 is 8.42 Å². The Morgan fingerprint density at radius 3 is 2.58 bits per heavy atom. The van der Waals surface area contributed by atoms with Crippen LogP contribution in [0.15, 0.2) is 17.2 Å². The molecular formula is C12H22N4O2S. The zero-order chi connectivity index (χ0) is 14.0. The fourth-order valence-electron chi connectivity index (χ4n) is 2.48. The van der Waals surface area contributed by atoms with Crippen LogP contribution in [-0.4, -0.2) is 30.5 Å². The number of hydrogen-bond acceptors (Lipinski definition) is 4. The first kappa shape index (κ1) is 14.5. The minimum atomic E-state index is -3.53. The van der Waals surface area contributed by atoms with Gasteiger partial charge in [-0.2, -0.15) is 0 Å². The third-order valence-electron chi connectivity index (χ3n) is 3.67. The number of aromatic amines is 1. The van der Waals surface area contributed by atoms with Gasteiger partial charge in [-0.05, 0) is 32.8 Å². The van der Waals surface area contributed by atoms with Gasteiger partial charge in [0.25, 0.3) is 10.0 Å². The van der Waals surface area contributed by atoms with Crippen LogP contribution in [0.4, 0.5) is 0 Å². The van der Waals surface area contributed by atoms with Gasteiger partial charge < -0.3 is 10.7 Å². The van der Waals surface area contributed by atoms with E-state index in [-0.39, 0.29) is 17.0 Å². The van der Waals surface area contributed by atoms with E-state index < -0.39 is 10.0 Å². The van der Waals surface area contributed by atoms with E-state index in [1.807, 2.05) is 18.9 Å². The van der Waals surface area contributed by atoms with Crippen molar-refractivity contribution in [2.75, 3.05) is 0 Å². The van der Waals surface area contributed by atoms with Crippen LogP contribution in [0.25, 0.3) is 0 Å². The highest BCUT2D eigenvalue weighted by molar-refractivity contribution is 7.89. The van der Waals surface area contributed by atoms with E-state index in [1.165, 1.54) is 6.20 Å². The summed E-state index contributed by atoms with van der Waals surface area (Å²) in [5.74, 6) is 0. The number of nitrogens with two attached hydrogens (primary N) is 1. The minimum Gasteiger partial charge on any atom is -0.363 e. The molecular weight excluding hydrogens is 264 g/mol. The van der Waals surface area contributed by atoms with Gasteiger partial charge in [0.2, 0.25) is 0 Å². The van der Waals surface area contributed by atoms with Gasteiger partial charge in [0.1, 0.15) is 4.90 Å². The topological polar surface area (TPSA) is 91.2 Å². The zero-order valence-electron chi connectivity index (χ0n) is 11.4. The van der Waals surface area contributed by atoms with E-state index in [2.05, 4.69) is 9.82 Å². The monoisotopic (exact) mass is 286 g/mol. The lowest BCUT2D eigenvalue weighted by Crippen LogP contribution is -2.53. The lowest BCUT2D eigenvalue weighted by atomic mass is 10.0. The molecule has 0 aromatic carbocycles. The second kappa shape index (κ2) is 5.62. The third-order valence-corrected chi connectivity index (χ3v) is 4.97. The number of aromatic nitrogens is 1. The lowest BCUT2D eigenvalue weighted by Gasteiger charge is -2.38. The van der Waals surface area contributed by atoms with Gasteiger partial charge in [-0.3, -0.25) is 0 Å². The Morgan fingerprint density at radius 1 is 1.42 bits per heavy atom. The van der Waals surface area contributed by atoms with Crippen molar-refractivity contribution in [3.63, 3.8) is 0 Å². The molecule has 6 nitrogen and oxygen atoms in total. The summed E-state index contributed by atoms with van der Waals surface area (Å²) in [6.45, 7) is 4.38. The molecule has 0 aliphatic carbocycles. The van der Waals surface area contributed by atoms with Gasteiger partial charge in [0.05, 0.1) is 0 Å². The number of nitrogens with one attached hydrogen (secondary N) is 2. The number of piperidine rings is 1. The quantitative estimate of drug-likeness (QED) is 0.768. The van der Waals surface area contributed by atoms with Crippen LogP contribution in [-0.2, 0) is 16.6 Å². The van der Waals surface area contributed by atoms with Gasteiger partial charge in [-0.15, -0.1) is 4.83 Å². The molecule has 1 aliphatic heterocycles. The normalized spacial score (nSPS) is 25.6. The number of nitrogens with zero attached hydrogens (tertiary/aromatic N) is 1. The van der Waals surface area contributed by atoms with E-state index in [0.29, 0.717) is 12.2 Å². The highest BCUT2D eigenvalue weighted by atomic mass is 32.2. The molecule has 2 atom stereocenters. The summed E-state index contributed by atoms with van der Waals surface area (Å²) in [4.78, 5) is 5.79. The third kappa shape index (κ3) is 3.17. The highest BCUT2D eigenvalue weighted by Gasteiger charge is 2.29. The molecule has 0 bridgehead atoms. The molecule has 0 radical (unpaired) electrons. The lowest BCUT2D eigenvalue weighted by molar-refractivity contribution is 0.0790. The van der Waals surface area contributed by atoms with Crippen LogP contribution in [0.1, 0.15) is 38.8 Å². The minimum absolute atomic E-state index is 0.214. The maximum Gasteiger partial charge on any atom is 0.254 e. The van der Waals surface area contributed by atoms with Gasteiger partial charge in [-0.25, -0.2) is 13.4 Å². The fraction of sp³-hybridized carbons (Fsp3) is 0.667. The molecule has 1 aliphatic rings. The Kier molecular flexibility index (Phi) is 4.29. The Balaban J connectivity index is 2.16. The molecule has 1 aromatic rings. The Morgan fingerprint density at radius 2 is 2.05 bits per heavy atom. The SMILES string of the molecule is CC1CCCC(C)N1NS(=O)(=O)c1c[nH]c(CN)c1. The van der Waals surface area contributed by atoms with Gasteiger partial charge in [-0.1, -0.05) is 6.42 Å². The van der Waals surface area contributed by atoms with Crippen molar-refractivity contribution in [3.8, 4) is 0 Å². The number of H-pyrrole nitrogens is 1. The van der Waals surface area contributed by atoms with Gasteiger partial charge >= 0.3 is 0 Å². The molecule has 0 saturated carbocycles. The average Bonchev–Trinajstić information content (AvgIpc) is 2.83. The highest BCUT2D eigenvalue weighted by Crippen LogP contribution is 2.22. The smallest absolute Gasteiger partial charge is 0.254 e. The standard InChI is InChI=1S/C12H22N4O2S/c1-9-4-3-5-10(2)16(9)15-19(17,18)12-6-11(7-13)14-8-12/h6,8-10,14-15H,3-5,7,13H2,1-2H3. The van der Waals surface area contributed by atoms with Gasteiger partial charge in [0, 0.05) is 30.5 Å². The summed E-state index contributed by atoms with van der Waals surface area (Å²) in [6.07, 6.45) is 4.63. The Labute approximate surface area is 114 Å². The average molecular weight is 286 g/mol. The summed E-state index contributed by atoms with van der Waals surface area (Å²) in [5.41, 5.74) is 6.19. The Hall–Kier alpha value is -0.890. The summed E-state index contributed by atoms with van der Waals surface area (Å²) >= 11 is 0. The first-order chi connectivity index (χ1) is 8.94. The van der Waals surface area contributed by atoms with E-state index >= 15 is 0 Å². The predicted molar refractivity (Wildman–Crippen MR) is 73.6 cm³/mol. The molecule has 19 heavy (non-hydrogen) atoms. The maximum atomic E-state index is 12.3. The number of hydrogen-bond donors (Lipinski definition) is 3. The van der Waals surface area contributed by atoms with Crippen LogP contribution >= 0.6 is 0 Å². The molecule has 0 spiro atoms. The van der Waals surface area contributed by atoms with E-state index in [4.69, 9.17) is 5.73 Å². The molecule has 7 heteroatoms. The zero-order valence-corrected chi connectivity index (χ0v) is 12.2. The molecule has 4 N–H and O–H groups in total. The second-order valence-electron chi connectivity index (χ2n) is 5.20. The van der Waals surface area contributed by atoms with Crippen LogP contribution in [0.5, 0.6) is 0 Å². The second-order valence-corrected chi connectivity index (χ2v) is 6.86. The number of hydrazine groups is 1. The molecule has 2 unspecified atom stereocenters. The van der Waals surface area contributed by atoms with Crippen molar-refractivity contribution in [1.29, 1.82) is 0 Å². The summed E-state index contributed by atoms with van der Waals surface area (Å²) in [5, 5.41) is 1.84. The van der Waals surface area contributed by atoms with Gasteiger partial charge in [0.15, 0.2) is 0 Å². The van der Waals surface area contributed by atoms with Crippen LogP contribution < -0.4 is 10.6 Å². The molecule has 2 rings (SSSR count). The number of sulfonamides is 1. The Bertz CT molecular complexity index is 516. The van der Waals surface area contributed by atoms with Crippen molar-refractivity contribution in [1.82, 2.24) is 14.8 Å². The molecule has 0 amide bonds. The van der Waals surface area contributed by atoms with E-state index in [1.54, 1.807) is 6.07 Å². The molecule has 2 heterocycles. The summed E-state index contributed by atoms with van der Waals surface area (Å²) in [7, 11) is -3.53. The van der Waals surface area contributed by atoms with Crippen molar-refractivity contribution in [2.45, 2.75) is 56.6 Å². The summed E-state index contributed by atoms with van der Waals surface area (Å²) < 4.78 is 24.6. The van der Waals surface area contributed by atoms with Crippen LogP contribution in [0.3, 0.4) is 0 Å². The van der Waals surface area contributed by atoms with Crippen LogP contribution in [0.2, 0.25) is 0 Å². The number of rotatable bonds is 4. The van der Waals surface area contributed by atoms with Crippen molar-refractivity contribution in [3.05, 3.63) is 18.0 Å². The van der Waals surface area contributed by atoms with Crippen molar-refractivity contribution >= 4 is 10.0 Å². The van der Waals surface area contributed by atoms with Crippen LogP contribution in [0, 0.1) is 0 Å². The molecule has 108 valence electrons. The molecule has 1 aromatic heterocycles. The summed E-state index contributed by atoms with van der Waals surface area (Å²) in [6, 6.07) is 2.00. The fourth-order valence-corrected chi connectivity index (χ4v) is 3.74. The largest absolute Gasteiger partial charge is 0.363 e.